The number of para-hydroxylation sites is 1. The van der Waals surface area contributed by atoms with Crippen LogP contribution in [0.3, 0.4) is 0 Å². The molecule has 0 aliphatic rings. The molecule has 4 aromatic rings. The van der Waals surface area contributed by atoms with Gasteiger partial charge < -0.3 is 4.74 Å². The minimum Gasteiger partial charge on any atom is -0.464 e. The summed E-state index contributed by atoms with van der Waals surface area (Å²) in [6.07, 6.45) is 0. The fourth-order valence-electron chi connectivity index (χ4n) is 2.85. The maximum absolute atomic E-state index is 12.3. The Morgan fingerprint density at radius 1 is 0.962 bits per heavy atom. The smallest absolute Gasteiger partial charge is 0.358 e. The zero-order valence-electron chi connectivity index (χ0n) is 14.4. The van der Waals surface area contributed by atoms with Crippen LogP contribution in [0.15, 0.2) is 60.7 Å². The number of hydrogen-bond acceptors (Lipinski definition) is 5. The Hall–Kier alpha value is -3.54. The summed E-state index contributed by atoms with van der Waals surface area (Å²) >= 11 is 0. The average Bonchev–Trinajstić information content (AvgIpc) is 3.03. The molecule has 0 atom stereocenters. The fourth-order valence-corrected chi connectivity index (χ4v) is 2.85. The number of aromatic nitrogens is 4. The molecule has 4 rings (SSSR count). The molecule has 0 bridgehead atoms. The Bertz CT molecular complexity index is 1090. The lowest BCUT2D eigenvalue weighted by molar-refractivity contribution is 0.0595. The Morgan fingerprint density at radius 3 is 2.27 bits per heavy atom. The van der Waals surface area contributed by atoms with E-state index in [0.717, 1.165) is 11.3 Å². The largest absolute Gasteiger partial charge is 0.464 e. The molecule has 0 fully saturated rings. The van der Waals surface area contributed by atoms with Crippen LogP contribution in [-0.4, -0.2) is 32.8 Å². The SMILES string of the molecule is COC(=O)c1nc2c(C)nn(-c3ccccc3)c2nc1-c1ccccc1. The highest BCUT2D eigenvalue weighted by Crippen LogP contribution is 2.26. The number of fused-ring (bicyclic) bond motifs is 1. The van der Waals surface area contributed by atoms with Crippen molar-refractivity contribution in [1.29, 1.82) is 0 Å². The third kappa shape index (κ3) is 2.61. The first-order valence-electron chi connectivity index (χ1n) is 8.15. The van der Waals surface area contributed by atoms with E-state index in [9.17, 15) is 4.79 Å². The molecule has 0 amide bonds. The standard InChI is InChI=1S/C20H16N4O2/c1-13-16-19(24(23-13)15-11-7-4-8-12-15)22-17(14-9-5-3-6-10-14)18(21-16)20(25)26-2/h3-12H,1-2H3. The van der Waals surface area contributed by atoms with Crippen molar-refractivity contribution in [2.45, 2.75) is 6.92 Å². The summed E-state index contributed by atoms with van der Waals surface area (Å²) in [6, 6.07) is 19.2. The summed E-state index contributed by atoms with van der Waals surface area (Å²) < 4.78 is 6.65. The molecule has 6 heteroatoms. The zero-order chi connectivity index (χ0) is 18.1. The van der Waals surface area contributed by atoms with E-state index in [2.05, 4.69) is 10.1 Å². The van der Waals surface area contributed by atoms with Crippen molar-refractivity contribution in [3.05, 3.63) is 72.1 Å². The molecular formula is C20H16N4O2. The number of nitrogens with zero attached hydrogens (tertiary/aromatic N) is 4. The highest BCUT2D eigenvalue weighted by molar-refractivity contribution is 5.96. The monoisotopic (exact) mass is 344 g/mol. The molecule has 6 nitrogen and oxygen atoms in total. The second kappa shape index (κ2) is 6.40. The minimum atomic E-state index is -0.523. The van der Waals surface area contributed by atoms with Gasteiger partial charge >= 0.3 is 5.97 Å². The Balaban J connectivity index is 2.04. The van der Waals surface area contributed by atoms with Gasteiger partial charge in [0, 0.05) is 5.56 Å². The normalized spacial score (nSPS) is 10.8. The lowest BCUT2D eigenvalue weighted by atomic mass is 10.1. The lowest BCUT2D eigenvalue weighted by Crippen LogP contribution is -2.09. The first-order valence-corrected chi connectivity index (χ1v) is 8.15. The average molecular weight is 344 g/mol. The third-order valence-electron chi connectivity index (χ3n) is 4.10. The highest BCUT2D eigenvalue weighted by Gasteiger charge is 2.22. The van der Waals surface area contributed by atoms with Crippen LogP contribution < -0.4 is 0 Å². The molecule has 0 saturated heterocycles. The van der Waals surface area contributed by atoms with E-state index >= 15 is 0 Å². The summed E-state index contributed by atoms with van der Waals surface area (Å²) in [6.45, 7) is 1.85. The van der Waals surface area contributed by atoms with Gasteiger partial charge in [0.25, 0.3) is 0 Å². The summed E-state index contributed by atoms with van der Waals surface area (Å²) in [4.78, 5) is 21.6. The van der Waals surface area contributed by atoms with Gasteiger partial charge in [-0.25, -0.2) is 19.4 Å². The van der Waals surface area contributed by atoms with Gasteiger partial charge in [-0.05, 0) is 19.1 Å². The van der Waals surface area contributed by atoms with Crippen molar-refractivity contribution in [1.82, 2.24) is 19.7 Å². The summed E-state index contributed by atoms with van der Waals surface area (Å²) in [5, 5.41) is 4.56. The van der Waals surface area contributed by atoms with Crippen molar-refractivity contribution < 1.29 is 9.53 Å². The molecule has 0 aliphatic carbocycles. The number of methoxy groups -OCH3 is 1. The van der Waals surface area contributed by atoms with Gasteiger partial charge in [0.05, 0.1) is 18.5 Å². The van der Waals surface area contributed by atoms with Crippen molar-refractivity contribution in [3.8, 4) is 16.9 Å². The van der Waals surface area contributed by atoms with E-state index in [1.165, 1.54) is 7.11 Å². The van der Waals surface area contributed by atoms with Crippen LogP contribution in [0.25, 0.3) is 28.1 Å². The molecular weight excluding hydrogens is 328 g/mol. The van der Waals surface area contributed by atoms with Crippen molar-refractivity contribution >= 4 is 17.1 Å². The molecule has 0 unspecified atom stereocenters. The van der Waals surface area contributed by atoms with Gasteiger partial charge in [0.15, 0.2) is 11.3 Å². The number of benzene rings is 2. The quantitative estimate of drug-likeness (QED) is 0.531. The summed E-state index contributed by atoms with van der Waals surface area (Å²) in [7, 11) is 1.34. The molecule has 0 N–H and O–H groups in total. The van der Waals surface area contributed by atoms with E-state index < -0.39 is 5.97 Å². The number of carbonyl (C=O) groups is 1. The predicted octanol–water partition coefficient (Wildman–Crippen LogP) is 3.58. The maximum atomic E-state index is 12.3. The molecule has 0 radical (unpaired) electrons. The molecule has 0 spiro atoms. The number of ether oxygens (including phenoxy) is 1. The number of hydrogen-bond donors (Lipinski definition) is 0. The van der Waals surface area contributed by atoms with E-state index in [1.807, 2.05) is 67.6 Å². The highest BCUT2D eigenvalue weighted by atomic mass is 16.5. The first kappa shape index (κ1) is 16.0. The van der Waals surface area contributed by atoms with E-state index in [-0.39, 0.29) is 5.69 Å². The number of carbonyl (C=O) groups excluding carboxylic acids is 1. The van der Waals surface area contributed by atoms with E-state index in [1.54, 1.807) is 4.68 Å². The van der Waals surface area contributed by atoms with Crippen LogP contribution in [0, 0.1) is 6.92 Å². The van der Waals surface area contributed by atoms with Crippen LogP contribution in [-0.2, 0) is 4.74 Å². The second-order valence-corrected chi connectivity index (χ2v) is 5.78. The number of rotatable bonds is 3. The van der Waals surface area contributed by atoms with Crippen molar-refractivity contribution in [2.75, 3.05) is 7.11 Å². The van der Waals surface area contributed by atoms with Crippen LogP contribution >= 0.6 is 0 Å². The van der Waals surface area contributed by atoms with Crippen molar-refractivity contribution in [3.63, 3.8) is 0 Å². The summed E-state index contributed by atoms with van der Waals surface area (Å²) in [5.74, 6) is -0.523. The van der Waals surface area contributed by atoms with Crippen LogP contribution in [0.4, 0.5) is 0 Å². The zero-order valence-corrected chi connectivity index (χ0v) is 14.4. The topological polar surface area (TPSA) is 69.9 Å². The number of aryl methyl sites for hydroxylation is 1. The molecule has 128 valence electrons. The third-order valence-corrected chi connectivity index (χ3v) is 4.10. The van der Waals surface area contributed by atoms with E-state index in [4.69, 9.17) is 9.72 Å². The maximum Gasteiger partial charge on any atom is 0.358 e. The molecule has 2 aromatic heterocycles. The molecule has 0 saturated carbocycles. The van der Waals surface area contributed by atoms with Gasteiger partial charge in [-0.3, -0.25) is 0 Å². The van der Waals surface area contributed by atoms with Gasteiger partial charge in [-0.15, -0.1) is 0 Å². The predicted molar refractivity (Wildman–Crippen MR) is 98.2 cm³/mol. The molecule has 2 heterocycles. The fraction of sp³-hybridized carbons (Fsp3) is 0.100. The molecule has 2 aromatic carbocycles. The Morgan fingerprint density at radius 2 is 1.62 bits per heavy atom. The van der Waals surface area contributed by atoms with Gasteiger partial charge in [0.1, 0.15) is 11.2 Å². The van der Waals surface area contributed by atoms with E-state index in [0.29, 0.717) is 22.6 Å². The van der Waals surface area contributed by atoms with Crippen LogP contribution in [0.5, 0.6) is 0 Å². The van der Waals surface area contributed by atoms with Gasteiger partial charge in [0.2, 0.25) is 0 Å². The Kier molecular flexibility index (Phi) is 3.93. The summed E-state index contributed by atoms with van der Waals surface area (Å²) in [5.41, 5.74) is 4.20. The van der Waals surface area contributed by atoms with Crippen LogP contribution in [0.2, 0.25) is 0 Å². The van der Waals surface area contributed by atoms with Crippen molar-refractivity contribution in [2.24, 2.45) is 0 Å². The Labute approximate surface area is 150 Å². The van der Waals surface area contributed by atoms with Crippen LogP contribution in [0.1, 0.15) is 16.2 Å². The minimum absolute atomic E-state index is 0.182. The number of esters is 1. The van der Waals surface area contributed by atoms with Gasteiger partial charge in [-0.2, -0.15) is 5.10 Å². The molecule has 26 heavy (non-hydrogen) atoms. The van der Waals surface area contributed by atoms with Gasteiger partial charge in [-0.1, -0.05) is 48.5 Å². The second-order valence-electron chi connectivity index (χ2n) is 5.78. The first-order chi connectivity index (χ1) is 12.7. The lowest BCUT2D eigenvalue weighted by Gasteiger charge is -2.08. The molecule has 0 aliphatic heterocycles.